The van der Waals surface area contributed by atoms with Crippen LogP contribution in [0, 0.1) is 4.77 Å². The molecule has 182 valence electrons. The lowest BCUT2D eigenvalue weighted by atomic mass is 9.98. The Hall–Kier alpha value is -2.82. The third-order valence-corrected chi connectivity index (χ3v) is 7.68. The van der Waals surface area contributed by atoms with Crippen molar-refractivity contribution in [2.24, 2.45) is 0 Å². The van der Waals surface area contributed by atoms with Crippen molar-refractivity contribution in [3.05, 3.63) is 26.8 Å². The number of carboxylic acids is 1. The molecule has 0 radical (unpaired) electrons. The number of nitrogen functional groups attached to an aromatic ring is 1. The zero-order chi connectivity index (χ0) is 24.6. The van der Waals surface area contributed by atoms with Crippen LogP contribution in [-0.2, 0) is 33.9 Å². The molecule has 0 spiro atoms. The minimum atomic E-state index is -1.18. The van der Waals surface area contributed by atoms with E-state index < -0.39 is 29.3 Å². The van der Waals surface area contributed by atoms with Gasteiger partial charge >= 0.3 is 5.97 Å². The van der Waals surface area contributed by atoms with Gasteiger partial charge in [-0.05, 0) is 47.7 Å². The summed E-state index contributed by atoms with van der Waals surface area (Å²) in [4.78, 5) is 44.6. The second-order valence-corrected chi connectivity index (χ2v) is 10.3. The minimum absolute atomic E-state index is 0.0138. The molecule has 1 unspecified atom stereocenters. The van der Waals surface area contributed by atoms with Gasteiger partial charge in [0.1, 0.15) is 11.4 Å². The van der Waals surface area contributed by atoms with Gasteiger partial charge in [-0.1, -0.05) is 0 Å². The lowest BCUT2D eigenvalue weighted by Gasteiger charge is -2.51. The number of carbonyl (C=O) groups excluding carboxylic acids is 2. The molecule has 1 saturated heterocycles. The first-order valence-corrected chi connectivity index (χ1v) is 12.4. The molecule has 13 nitrogen and oxygen atoms in total. The smallest absolute Gasteiger partial charge is 0.330 e. The zero-order valence-electron chi connectivity index (χ0n) is 18.3. The molecular weight excluding hydrogens is 502 g/mol. The Labute approximate surface area is 207 Å². The van der Waals surface area contributed by atoms with Crippen LogP contribution >= 0.6 is 35.3 Å². The lowest BCUT2D eigenvalue weighted by Crippen LogP contribution is -2.74. The SMILES string of the molecule is CN(C)CCn1nnn(CC2=CS[C@@H]3[C@H](NC(=O)Cc4csc(N)n4)C(=O)N3C2C(=O)O)c1=S. The number of fused-ring (bicyclic) bond motifs is 1. The quantitative estimate of drug-likeness (QED) is 0.282. The highest BCUT2D eigenvalue weighted by Crippen LogP contribution is 2.40. The van der Waals surface area contributed by atoms with E-state index in [2.05, 4.69) is 20.7 Å². The molecule has 0 aliphatic carbocycles. The molecule has 1 fully saturated rings. The van der Waals surface area contributed by atoms with Crippen molar-refractivity contribution in [3.8, 4) is 0 Å². The fourth-order valence-electron chi connectivity index (χ4n) is 3.65. The number of aromatic nitrogens is 5. The number of thioether (sulfide) groups is 1. The number of tetrazole rings is 1. The number of nitrogens with two attached hydrogens (primary N) is 1. The topological polar surface area (TPSA) is 164 Å². The molecule has 2 aliphatic heterocycles. The van der Waals surface area contributed by atoms with Gasteiger partial charge < -0.3 is 26.0 Å². The van der Waals surface area contributed by atoms with Crippen LogP contribution in [0.2, 0.25) is 0 Å². The van der Waals surface area contributed by atoms with E-state index in [4.69, 9.17) is 18.0 Å². The maximum atomic E-state index is 12.8. The average Bonchev–Trinajstić information content (AvgIpc) is 3.34. The molecule has 2 aromatic heterocycles. The van der Waals surface area contributed by atoms with Crippen LogP contribution in [0.1, 0.15) is 5.69 Å². The Kier molecular flexibility index (Phi) is 7.01. The maximum Gasteiger partial charge on any atom is 0.330 e. The van der Waals surface area contributed by atoms with Crippen molar-refractivity contribution in [2.75, 3.05) is 26.4 Å². The zero-order valence-corrected chi connectivity index (χ0v) is 20.8. The van der Waals surface area contributed by atoms with Gasteiger partial charge in [-0.15, -0.1) is 23.1 Å². The number of anilines is 1. The summed E-state index contributed by atoms with van der Waals surface area (Å²) in [7, 11) is 3.86. The summed E-state index contributed by atoms with van der Waals surface area (Å²) in [5.74, 6) is -2.01. The summed E-state index contributed by atoms with van der Waals surface area (Å²) in [6.07, 6.45) is -0.0138. The fourth-order valence-corrected chi connectivity index (χ4v) is 5.65. The summed E-state index contributed by atoms with van der Waals surface area (Å²) in [5, 5.41) is 23.9. The molecular formula is C18H23N9O4S3. The Morgan fingerprint density at radius 2 is 2.06 bits per heavy atom. The van der Waals surface area contributed by atoms with Gasteiger partial charge in [-0.2, -0.15) is 0 Å². The first-order chi connectivity index (χ1) is 16.2. The van der Waals surface area contributed by atoms with Crippen LogP contribution in [0.15, 0.2) is 16.4 Å². The molecule has 2 aromatic rings. The molecule has 4 rings (SSSR count). The third-order valence-electron chi connectivity index (χ3n) is 5.32. The number of amides is 2. The molecule has 3 atom stereocenters. The van der Waals surface area contributed by atoms with Crippen molar-refractivity contribution in [3.63, 3.8) is 0 Å². The number of thiazole rings is 1. The number of β-lactam (4-membered cyclic amide) rings is 1. The largest absolute Gasteiger partial charge is 0.479 e. The summed E-state index contributed by atoms with van der Waals surface area (Å²) in [6.45, 7) is 1.35. The Morgan fingerprint density at radius 1 is 1.32 bits per heavy atom. The summed E-state index contributed by atoms with van der Waals surface area (Å²) >= 11 is 7.92. The third kappa shape index (κ3) is 4.84. The summed E-state index contributed by atoms with van der Waals surface area (Å²) in [5.41, 5.74) is 6.56. The number of nitrogens with zero attached hydrogens (tertiary/aromatic N) is 7. The van der Waals surface area contributed by atoms with Gasteiger partial charge in [-0.3, -0.25) is 9.59 Å². The highest BCUT2D eigenvalue weighted by atomic mass is 32.2. The van der Waals surface area contributed by atoms with Gasteiger partial charge in [0, 0.05) is 11.9 Å². The summed E-state index contributed by atoms with van der Waals surface area (Å²) < 4.78 is 3.37. The molecule has 2 amide bonds. The summed E-state index contributed by atoms with van der Waals surface area (Å²) in [6, 6.07) is -2.00. The van der Waals surface area contributed by atoms with Gasteiger partial charge in [0.25, 0.3) is 0 Å². The second-order valence-electron chi connectivity index (χ2n) is 8.05. The number of carboxylic acid groups (broad SMARTS) is 1. The Bertz CT molecular complexity index is 1200. The van der Waals surface area contributed by atoms with Crippen LogP contribution in [0.25, 0.3) is 0 Å². The predicted octanol–water partition coefficient (Wildman–Crippen LogP) is -0.611. The van der Waals surface area contributed by atoms with Crippen LogP contribution in [0.5, 0.6) is 0 Å². The van der Waals surface area contributed by atoms with Gasteiger partial charge in [0.05, 0.1) is 25.2 Å². The van der Waals surface area contributed by atoms with Crippen LogP contribution < -0.4 is 11.1 Å². The molecule has 4 heterocycles. The van der Waals surface area contributed by atoms with Crippen LogP contribution in [-0.4, -0.2) is 95.6 Å². The first kappa shape index (κ1) is 24.3. The van der Waals surface area contributed by atoms with Gasteiger partial charge in [0.15, 0.2) is 11.2 Å². The van der Waals surface area contributed by atoms with E-state index in [0.717, 1.165) is 6.54 Å². The fraction of sp³-hybridized carbons (Fsp3) is 0.500. The van der Waals surface area contributed by atoms with Crippen LogP contribution in [0.3, 0.4) is 0 Å². The number of hydrogen-bond acceptors (Lipinski definition) is 11. The van der Waals surface area contributed by atoms with E-state index in [0.29, 0.717) is 27.7 Å². The van der Waals surface area contributed by atoms with Crippen molar-refractivity contribution in [1.82, 2.24) is 39.9 Å². The molecule has 16 heteroatoms. The average molecular weight is 526 g/mol. The van der Waals surface area contributed by atoms with E-state index in [9.17, 15) is 19.5 Å². The Balaban J connectivity index is 1.45. The predicted molar refractivity (Wildman–Crippen MR) is 127 cm³/mol. The Morgan fingerprint density at radius 3 is 2.71 bits per heavy atom. The van der Waals surface area contributed by atoms with Crippen molar-refractivity contribution >= 4 is 58.2 Å². The number of aliphatic carboxylic acids is 1. The standard InChI is InChI=1S/C18H23N9O4S3/c1-24(2)3-4-25-18(32)26(23-22-25)6-9-7-33-15-12(14(29)27(15)13(9)16(30)31)21-11(28)5-10-8-34-17(19)20-10/h7-8,12-13,15H,3-6H2,1-2H3,(H2,19,20)(H,21,28)(H,30,31)/t12-,13?,15-/m1/s1. The normalized spacial score (nSPS) is 21.7. The maximum absolute atomic E-state index is 12.8. The molecule has 4 N–H and O–H groups in total. The monoisotopic (exact) mass is 525 g/mol. The molecule has 2 aliphatic rings. The van der Waals surface area contributed by atoms with Crippen molar-refractivity contribution in [1.29, 1.82) is 0 Å². The molecule has 0 bridgehead atoms. The van der Waals surface area contributed by atoms with E-state index >= 15 is 0 Å². The molecule has 34 heavy (non-hydrogen) atoms. The highest BCUT2D eigenvalue weighted by molar-refractivity contribution is 8.02. The second kappa shape index (κ2) is 9.81. The number of likely N-dealkylation sites (N-methyl/N-ethyl adjacent to an activating group) is 1. The van der Waals surface area contributed by atoms with Gasteiger partial charge in [0.2, 0.25) is 16.6 Å². The molecule has 0 saturated carbocycles. The van der Waals surface area contributed by atoms with Crippen molar-refractivity contribution in [2.45, 2.75) is 37.0 Å². The van der Waals surface area contributed by atoms with E-state index in [1.165, 1.54) is 32.7 Å². The molecule has 0 aromatic carbocycles. The highest BCUT2D eigenvalue weighted by Gasteiger charge is 2.55. The first-order valence-electron chi connectivity index (χ1n) is 10.2. The minimum Gasteiger partial charge on any atom is -0.479 e. The lowest BCUT2D eigenvalue weighted by molar-refractivity contribution is -0.160. The number of carbonyl (C=O) groups is 3. The number of hydrogen-bond donors (Lipinski definition) is 3. The van der Waals surface area contributed by atoms with Crippen molar-refractivity contribution < 1.29 is 19.5 Å². The van der Waals surface area contributed by atoms with Gasteiger partial charge in [-0.25, -0.2) is 19.1 Å². The van der Waals surface area contributed by atoms with E-state index in [1.807, 2.05) is 19.0 Å². The number of nitrogens with one attached hydrogen (secondary N) is 1. The van der Waals surface area contributed by atoms with E-state index in [1.54, 1.807) is 15.5 Å². The van der Waals surface area contributed by atoms with Crippen LogP contribution in [0.4, 0.5) is 5.13 Å². The van der Waals surface area contributed by atoms with E-state index in [-0.39, 0.29) is 18.9 Å². The number of rotatable bonds is 9.